The van der Waals surface area contributed by atoms with Gasteiger partial charge in [0.25, 0.3) is 5.91 Å². The summed E-state index contributed by atoms with van der Waals surface area (Å²) in [5.74, 6) is 0.972. The van der Waals surface area contributed by atoms with E-state index in [1.165, 1.54) is 12.8 Å². The van der Waals surface area contributed by atoms with Crippen LogP contribution in [0.2, 0.25) is 0 Å². The molecule has 0 aromatic heterocycles. The van der Waals surface area contributed by atoms with Crippen molar-refractivity contribution in [2.75, 3.05) is 13.1 Å². The Bertz CT molecular complexity index is 436. The Labute approximate surface area is 121 Å². The molecule has 110 valence electrons. The first-order valence-electron chi connectivity index (χ1n) is 7.73. The molecule has 20 heavy (non-hydrogen) atoms. The van der Waals surface area contributed by atoms with E-state index >= 15 is 0 Å². The van der Waals surface area contributed by atoms with Gasteiger partial charge in [-0.1, -0.05) is 38.0 Å². The number of carbonyl (C=O) groups excluding carboxylic acids is 1. The maximum atomic E-state index is 12.6. The summed E-state index contributed by atoms with van der Waals surface area (Å²) >= 11 is 0. The summed E-state index contributed by atoms with van der Waals surface area (Å²) in [4.78, 5) is 14.6. The molecule has 1 unspecified atom stereocenters. The molecule has 1 aliphatic heterocycles. The van der Waals surface area contributed by atoms with Crippen LogP contribution in [0.15, 0.2) is 24.3 Å². The number of ether oxygens (including phenoxy) is 1. The zero-order valence-corrected chi connectivity index (χ0v) is 12.6. The molecule has 1 saturated heterocycles. The van der Waals surface area contributed by atoms with Crippen LogP contribution in [0, 0.1) is 6.92 Å². The van der Waals surface area contributed by atoms with Crippen molar-refractivity contribution in [3.8, 4) is 5.75 Å². The average Bonchev–Trinajstić information content (AvgIpc) is 2.75. The van der Waals surface area contributed by atoms with Crippen LogP contribution in [0.4, 0.5) is 0 Å². The molecule has 1 fully saturated rings. The smallest absolute Gasteiger partial charge is 0.263 e. The van der Waals surface area contributed by atoms with E-state index in [4.69, 9.17) is 4.74 Å². The number of rotatable bonds is 4. The Morgan fingerprint density at radius 1 is 1.20 bits per heavy atom. The van der Waals surface area contributed by atoms with Gasteiger partial charge in [0.15, 0.2) is 6.10 Å². The molecule has 2 rings (SSSR count). The first kappa shape index (κ1) is 14.9. The van der Waals surface area contributed by atoms with Crippen molar-refractivity contribution in [2.24, 2.45) is 0 Å². The van der Waals surface area contributed by atoms with Crippen LogP contribution in [-0.4, -0.2) is 30.0 Å². The third kappa shape index (κ3) is 3.75. The van der Waals surface area contributed by atoms with Crippen molar-refractivity contribution in [2.45, 2.75) is 52.1 Å². The minimum absolute atomic E-state index is 0.151. The highest BCUT2D eigenvalue weighted by Crippen LogP contribution is 2.20. The molecule has 1 aliphatic rings. The van der Waals surface area contributed by atoms with Gasteiger partial charge in [-0.2, -0.15) is 0 Å². The number of amides is 1. The first-order chi connectivity index (χ1) is 9.72. The first-order valence-corrected chi connectivity index (χ1v) is 7.73. The van der Waals surface area contributed by atoms with Gasteiger partial charge in [-0.3, -0.25) is 4.79 Å². The molecule has 0 N–H and O–H groups in total. The van der Waals surface area contributed by atoms with Gasteiger partial charge in [-0.25, -0.2) is 0 Å². The fourth-order valence-corrected chi connectivity index (χ4v) is 2.64. The lowest BCUT2D eigenvalue weighted by atomic mass is 10.2. The van der Waals surface area contributed by atoms with E-state index in [9.17, 15) is 4.79 Å². The van der Waals surface area contributed by atoms with Gasteiger partial charge in [0.2, 0.25) is 0 Å². The molecule has 3 heteroatoms. The van der Waals surface area contributed by atoms with Gasteiger partial charge in [-0.15, -0.1) is 0 Å². The number of para-hydroxylation sites is 1. The van der Waals surface area contributed by atoms with Crippen molar-refractivity contribution >= 4 is 5.91 Å². The second-order valence-electron chi connectivity index (χ2n) is 5.52. The topological polar surface area (TPSA) is 29.5 Å². The van der Waals surface area contributed by atoms with E-state index in [0.29, 0.717) is 6.42 Å². The SMILES string of the molecule is CCC(Oc1ccccc1C)C(=O)N1CCCCCC1. The second-order valence-corrected chi connectivity index (χ2v) is 5.52. The average molecular weight is 275 g/mol. The predicted octanol–water partition coefficient (Wildman–Crippen LogP) is 3.56. The molecule has 1 heterocycles. The molecule has 1 aromatic rings. The van der Waals surface area contributed by atoms with E-state index in [0.717, 1.165) is 37.2 Å². The lowest BCUT2D eigenvalue weighted by Gasteiger charge is -2.26. The van der Waals surface area contributed by atoms with Crippen LogP contribution in [0.1, 0.15) is 44.6 Å². The molecular weight excluding hydrogens is 250 g/mol. The van der Waals surface area contributed by atoms with Crippen LogP contribution in [0.3, 0.4) is 0 Å². The van der Waals surface area contributed by atoms with Gasteiger partial charge in [0.1, 0.15) is 5.75 Å². The Morgan fingerprint density at radius 3 is 2.45 bits per heavy atom. The van der Waals surface area contributed by atoms with Gasteiger partial charge in [0.05, 0.1) is 0 Å². The van der Waals surface area contributed by atoms with Crippen molar-refractivity contribution in [1.82, 2.24) is 4.90 Å². The minimum atomic E-state index is -0.353. The van der Waals surface area contributed by atoms with Crippen molar-refractivity contribution in [3.63, 3.8) is 0 Å². The molecule has 0 spiro atoms. The number of carbonyl (C=O) groups is 1. The highest BCUT2D eigenvalue weighted by atomic mass is 16.5. The van der Waals surface area contributed by atoms with Crippen molar-refractivity contribution in [1.29, 1.82) is 0 Å². The quantitative estimate of drug-likeness (QED) is 0.841. The Hall–Kier alpha value is -1.51. The molecule has 0 saturated carbocycles. The zero-order chi connectivity index (χ0) is 14.4. The second kappa shape index (κ2) is 7.32. The van der Waals surface area contributed by atoms with Gasteiger partial charge in [0, 0.05) is 13.1 Å². The fraction of sp³-hybridized carbons (Fsp3) is 0.588. The van der Waals surface area contributed by atoms with Crippen LogP contribution in [-0.2, 0) is 4.79 Å². The molecule has 0 bridgehead atoms. The molecular formula is C17H25NO2. The Kier molecular flexibility index (Phi) is 5.45. The third-order valence-electron chi connectivity index (χ3n) is 3.93. The molecule has 1 aromatic carbocycles. The lowest BCUT2D eigenvalue weighted by Crippen LogP contribution is -2.42. The van der Waals surface area contributed by atoms with E-state index in [-0.39, 0.29) is 12.0 Å². The lowest BCUT2D eigenvalue weighted by molar-refractivity contribution is -0.138. The maximum absolute atomic E-state index is 12.6. The summed E-state index contributed by atoms with van der Waals surface area (Å²) in [5, 5.41) is 0. The van der Waals surface area contributed by atoms with E-state index in [1.807, 2.05) is 43.0 Å². The summed E-state index contributed by atoms with van der Waals surface area (Å²) < 4.78 is 5.96. The van der Waals surface area contributed by atoms with Crippen LogP contribution < -0.4 is 4.74 Å². The summed E-state index contributed by atoms with van der Waals surface area (Å²) in [6, 6.07) is 7.89. The van der Waals surface area contributed by atoms with Crippen LogP contribution >= 0.6 is 0 Å². The number of hydrogen-bond acceptors (Lipinski definition) is 2. The van der Waals surface area contributed by atoms with E-state index in [1.54, 1.807) is 0 Å². The Balaban J connectivity index is 2.03. The Morgan fingerprint density at radius 2 is 1.85 bits per heavy atom. The van der Waals surface area contributed by atoms with E-state index in [2.05, 4.69) is 0 Å². The number of nitrogens with zero attached hydrogens (tertiary/aromatic N) is 1. The predicted molar refractivity (Wildman–Crippen MR) is 80.9 cm³/mol. The maximum Gasteiger partial charge on any atom is 0.263 e. The van der Waals surface area contributed by atoms with Crippen LogP contribution in [0.25, 0.3) is 0 Å². The van der Waals surface area contributed by atoms with Crippen LogP contribution in [0.5, 0.6) is 5.75 Å². The van der Waals surface area contributed by atoms with Crippen molar-refractivity contribution < 1.29 is 9.53 Å². The van der Waals surface area contributed by atoms with E-state index < -0.39 is 0 Å². The molecule has 1 atom stereocenters. The zero-order valence-electron chi connectivity index (χ0n) is 12.6. The number of aryl methyl sites for hydroxylation is 1. The number of likely N-dealkylation sites (tertiary alicyclic amines) is 1. The summed E-state index contributed by atoms with van der Waals surface area (Å²) in [6.07, 6.45) is 5.07. The third-order valence-corrected chi connectivity index (χ3v) is 3.93. The summed E-state index contributed by atoms with van der Waals surface area (Å²) in [7, 11) is 0. The molecule has 0 radical (unpaired) electrons. The normalized spacial score (nSPS) is 17.4. The van der Waals surface area contributed by atoms with Crippen molar-refractivity contribution in [3.05, 3.63) is 29.8 Å². The molecule has 3 nitrogen and oxygen atoms in total. The largest absolute Gasteiger partial charge is 0.480 e. The van der Waals surface area contributed by atoms with Gasteiger partial charge < -0.3 is 9.64 Å². The fourth-order valence-electron chi connectivity index (χ4n) is 2.64. The van der Waals surface area contributed by atoms with Gasteiger partial charge in [-0.05, 0) is 37.8 Å². The molecule has 1 amide bonds. The standard InChI is InChI=1S/C17H25NO2/c1-3-15(20-16-11-7-6-10-14(16)2)17(19)18-12-8-4-5-9-13-18/h6-7,10-11,15H,3-5,8-9,12-13H2,1-2H3. The monoisotopic (exact) mass is 275 g/mol. The molecule has 0 aliphatic carbocycles. The highest BCUT2D eigenvalue weighted by Gasteiger charge is 2.25. The summed E-state index contributed by atoms with van der Waals surface area (Å²) in [6.45, 7) is 5.79. The number of hydrogen-bond donors (Lipinski definition) is 0. The van der Waals surface area contributed by atoms with Gasteiger partial charge >= 0.3 is 0 Å². The number of benzene rings is 1. The highest BCUT2D eigenvalue weighted by molar-refractivity contribution is 5.81. The minimum Gasteiger partial charge on any atom is -0.480 e. The summed E-state index contributed by atoms with van der Waals surface area (Å²) in [5.41, 5.74) is 1.08.